The smallest absolute Gasteiger partial charge is 0.283 e. The van der Waals surface area contributed by atoms with E-state index in [1.54, 1.807) is 6.20 Å². The van der Waals surface area contributed by atoms with Crippen molar-refractivity contribution in [1.82, 2.24) is 9.78 Å². The lowest BCUT2D eigenvalue weighted by atomic mass is 10.2. The molecule has 0 aliphatic heterocycles. The first-order valence-electron chi connectivity index (χ1n) is 6.74. The predicted octanol–water partition coefficient (Wildman–Crippen LogP) is 1.47. The lowest BCUT2D eigenvalue weighted by Gasteiger charge is -2.10. The molecule has 0 unspecified atom stereocenters. The van der Waals surface area contributed by atoms with Crippen LogP contribution in [0.3, 0.4) is 0 Å². The molecule has 0 saturated carbocycles. The molecule has 1 aromatic heterocycles. The maximum absolute atomic E-state index is 11.9. The summed E-state index contributed by atoms with van der Waals surface area (Å²) in [6.07, 6.45) is 2.44. The van der Waals surface area contributed by atoms with Crippen molar-refractivity contribution in [2.75, 3.05) is 31.7 Å². The maximum Gasteiger partial charge on any atom is 0.283 e. The molecule has 6 nitrogen and oxygen atoms in total. The summed E-state index contributed by atoms with van der Waals surface area (Å²) in [7, 11) is 0. The summed E-state index contributed by atoms with van der Waals surface area (Å²) in [6.45, 7) is 6.48. The van der Waals surface area contributed by atoms with Gasteiger partial charge in [0, 0.05) is 19.8 Å². The van der Waals surface area contributed by atoms with Gasteiger partial charge in [-0.05, 0) is 28.3 Å². The molecule has 0 saturated heterocycles. The summed E-state index contributed by atoms with van der Waals surface area (Å²) in [6, 6.07) is 0. The van der Waals surface area contributed by atoms with E-state index in [-0.39, 0.29) is 18.7 Å². The zero-order valence-corrected chi connectivity index (χ0v) is 13.5. The molecule has 0 aliphatic carbocycles. The Morgan fingerprint density at radius 1 is 1.55 bits per heavy atom. The maximum atomic E-state index is 11.9. The van der Waals surface area contributed by atoms with Crippen molar-refractivity contribution in [2.24, 2.45) is 5.92 Å². The molecular formula is C13H22BrN3O3. The third-order valence-electron chi connectivity index (χ3n) is 2.53. The van der Waals surface area contributed by atoms with Gasteiger partial charge in [0.1, 0.15) is 4.47 Å². The van der Waals surface area contributed by atoms with Gasteiger partial charge in [0.05, 0.1) is 25.0 Å². The Morgan fingerprint density at radius 2 is 2.30 bits per heavy atom. The van der Waals surface area contributed by atoms with Gasteiger partial charge in [0.25, 0.3) is 5.56 Å². The lowest BCUT2D eigenvalue weighted by Crippen LogP contribution is -2.26. The van der Waals surface area contributed by atoms with Gasteiger partial charge >= 0.3 is 0 Å². The van der Waals surface area contributed by atoms with Crippen molar-refractivity contribution in [1.29, 1.82) is 0 Å². The van der Waals surface area contributed by atoms with Crippen molar-refractivity contribution < 1.29 is 9.84 Å². The molecule has 20 heavy (non-hydrogen) atoms. The van der Waals surface area contributed by atoms with Crippen LogP contribution in [0.15, 0.2) is 15.5 Å². The Bertz CT molecular complexity index is 463. The van der Waals surface area contributed by atoms with E-state index in [4.69, 9.17) is 9.84 Å². The zero-order chi connectivity index (χ0) is 15.0. The standard InChI is InChI=1S/C13H22BrN3O3/c1-10(2)9-20-7-3-4-15-11-8-16-17(5-6-18)13(19)12(11)14/h8,10,15,18H,3-7,9H2,1-2H3. The number of aliphatic hydroxyl groups excluding tert-OH is 1. The van der Waals surface area contributed by atoms with E-state index in [0.717, 1.165) is 13.0 Å². The molecule has 0 amide bonds. The Labute approximate surface area is 127 Å². The number of aliphatic hydroxyl groups is 1. The minimum atomic E-state index is -0.250. The number of nitrogens with one attached hydrogen (secondary N) is 1. The molecule has 0 aromatic carbocycles. The van der Waals surface area contributed by atoms with E-state index in [1.807, 2.05) is 0 Å². The zero-order valence-electron chi connectivity index (χ0n) is 11.9. The second kappa shape index (κ2) is 9.10. The average Bonchev–Trinajstić information content (AvgIpc) is 2.41. The molecule has 7 heteroatoms. The van der Waals surface area contributed by atoms with Crippen LogP contribution in [-0.4, -0.2) is 41.3 Å². The topological polar surface area (TPSA) is 76.4 Å². The number of nitrogens with zero attached hydrogens (tertiary/aromatic N) is 2. The highest BCUT2D eigenvalue weighted by atomic mass is 79.9. The average molecular weight is 348 g/mol. The summed E-state index contributed by atoms with van der Waals surface area (Å²) < 4.78 is 7.13. The van der Waals surface area contributed by atoms with E-state index in [0.29, 0.717) is 29.2 Å². The molecule has 0 spiro atoms. The number of hydrogen-bond donors (Lipinski definition) is 2. The number of halogens is 1. The van der Waals surface area contributed by atoms with Crippen LogP contribution in [-0.2, 0) is 11.3 Å². The number of anilines is 1. The molecule has 114 valence electrons. The summed E-state index contributed by atoms with van der Waals surface area (Å²) in [5, 5.41) is 16.0. The van der Waals surface area contributed by atoms with Crippen LogP contribution in [0, 0.1) is 5.92 Å². The van der Waals surface area contributed by atoms with Crippen LogP contribution in [0.5, 0.6) is 0 Å². The van der Waals surface area contributed by atoms with Gasteiger partial charge in [-0.1, -0.05) is 13.8 Å². The fourth-order valence-electron chi connectivity index (χ4n) is 1.56. The van der Waals surface area contributed by atoms with Gasteiger partial charge in [-0.15, -0.1) is 0 Å². The van der Waals surface area contributed by atoms with E-state index in [2.05, 4.69) is 40.2 Å². The van der Waals surface area contributed by atoms with Gasteiger partial charge in [-0.2, -0.15) is 5.10 Å². The SMILES string of the molecule is CC(C)COCCCNc1cnn(CCO)c(=O)c1Br. The monoisotopic (exact) mass is 347 g/mol. The van der Waals surface area contributed by atoms with Crippen molar-refractivity contribution in [3.8, 4) is 0 Å². The van der Waals surface area contributed by atoms with Gasteiger partial charge in [-0.25, -0.2) is 4.68 Å². The van der Waals surface area contributed by atoms with E-state index in [9.17, 15) is 4.79 Å². The number of ether oxygens (including phenoxy) is 1. The molecule has 0 radical (unpaired) electrons. The molecule has 2 N–H and O–H groups in total. The Hall–Kier alpha value is -0.920. The first kappa shape index (κ1) is 17.1. The highest BCUT2D eigenvalue weighted by Gasteiger charge is 2.07. The molecule has 1 heterocycles. The first-order chi connectivity index (χ1) is 9.56. The van der Waals surface area contributed by atoms with Gasteiger partial charge in [0.15, 0.2) is 0 Å². The van der Waals surface area contributed by atoms with Crippen LogP contribution in [0.4, 0.5) is 5.69 Å². The summed E-state index contributed by atoms with van der Waals surface area (Å²) in [4.78, 5) is 11.9. The van der Waals surface area contributed by atoms with Gasteiger partial charge in [0.2, 0.25) is 0 Å². The Kier molecular flexibility index (Phi) is 7.79. The molecule has 1 rings (SSSR count). The number of rotatable bonds is 9. The second-order valence-corrected chi connectivity index (χ2v) is 5.67. The number of aromatic nitrogens is 2. The quantitative estimate of drug-likeness (QED) is 0.661. The first-order valence-corrected chi connectivity index (χ1v) is 7.53. The highest BCUT2D eigenvalue weighted by molar-refractivity contribution is 9.10. The van der Waals surface area contributed by atoms with Gasteiger partial charge in [-0.3, -0.25) is 4.79 Å². The predicted molar refractivity (Wildman–Crippen MR) is 82.0 cm³/mol. The van der Waals surface area contributed by atoms with Crippen LogP contribution in [0.1, 0.15) is 20.3 Å². The summed E-state index contributed by atoms with van der Waals surface area (Å²) in [5.41, 5.74) is 0.410. The lowest BCUT2D eigenvalue weighted by molar-refractivity contribution is 0.110. The number of hydrogen-bond acceptors (Lipinski definition) is 5. The fourth-order valence-corrected chi connectivity index (χ4v) is 2.01. The fraction of sp³-hybridized carbons (Fsp3) is 0.692. The van der Waals surface area contributed by atoms with Crippen molar-refractivity contribution in [3.05, 3.63) is 21.0 Å². The van der Waals surface area contributed by atoms with Crippen molar-refractivity contribution >= 4 is 21.6 Å². The summed E-state index contributed by atoms with van der Waals surface area (Å²) in [5.74, 6) is 0.542. The minimum absolute atomic E-state index is 0.112. The molecule has 1 aromatic rings. The van der Waals surface area contributed by atoms with Crippen molar-refractivity contribution in [2.45, 2.75) is 26.8 Å². The minimum Gasteiger partial charge on any atom is -0.394 e. The normalized spacial score (nSPS) is 11.1. The molecular weight excluding hydrogens is 326 g/mol. The summed E-state index contributed by atoms with van der Waals surface area (Å²) >= 11 is 3.25. The molecule has 0 fully saturated rings. The Morgan fingerprint density at radius 3 is 2.95 bits per heavy atom. The Balaban J connectivity index is 2.41. The van der Waals surface area contributed by atoms with Gasteiger partial charge < -0.3 is 15.2 Å². The van der Waals surface area contributed by atoms with E-state index >= 15 is 0 Å². The molecule has 0 atom stereocenters. The molecule has 0 aliphatic rings. The largest absolute Gasteiger partial charge is 0.394 e. The van der Waals surface area contributed by atoms with E-state index in [1.165, 1.54) is 4.68 Å². The molecule has 0 bridgehead atoms. The van der Waals surface area contributed by atoms with Crippen LogP contribution in [0.2, 0.25) is 0 Å². The van der Waals surface area contributed by atoms with E-state index < -0.39 is 0 Å². The third-order valence-corrected chi connectivity index (χ3v) is 3.30. The second-order valence-electron chi connectivity index (χ2n) is 4.87. The van der Waals surface area contributed by atoms with Crippen LogP contribution < -0.4 is 10.9 Å². The van der Waals surface area contributed by atoms with Crippen LogP contribution in [0.25, 0.3) is 0 Å². The van der Waals surface area contributed by atoms with Crippen LogP contribution >= 0.6 is 15.9 Å². The van der Waals surface area contributed by atoms with Crippen molar-refractivity contribution in [3.63, 3.8) is 0 Å². The third kappa shape index (κ3) is 5.60. The highest BCUT2D eigenvalue weighted by Crippen LogP contribution is 2.15.